The maximum atomic E-state index is 12.7. The molecular formula is C18H26N2O4. The number of carbonyl (C=O) groups excluding carboxylic acids is 2. The van der Waals surface area contributed by atoms with Gasteiger partial charge in [-0.2, -0.15) is 0 Å². The van der Waals surface area contributed by atoms with Gasteiger partial charge in [0.2, 0.25) is 5.91 Å². The van der Waals surface area contributed by atoms with Crippen LogP contribution in [0.2, 0.25) is 0 Å². The van der Waals surface area contributed by atoms with Crippen molar-refractivity contribution in [1.29, 1.82) is 0 Å². The molecule has 132 valence electrons. The number of aliphatic hydroxyl groups excluding tert-OH is 1. The molecule has 1 fully saturated rings. The van der Waals surface area contributed by atoms with E-state index in [1.807, 2.05) is 44.2 Å². The van der Waals surface area contributed by atoms with Crippen molar-refractivity contribution in [2.45, 2.75) is 51.4 Å². The second-order valence-electron chi connectivity index (χ2n) is 7.01. The van der Waals surface area contributed by atoms with Crippen molar-refractivity contribution < 1.29 is 19.4 Å². The Morgan fingerprint density at radius 3 is 2.54 bits per heavy atom. The van der Waals surface area contributed by atoms with Gasteiger partial charge in [0, 0.05) is 6.04 Å². The number of hydrogen-bond donors (Lipinski definition) is 2. The number of nitrogens with zero attached hydrogens (tertiary/aromatic N) is 1. The Hall–Kier alpha value is -1.92. The van der Waals surface area contributed by atoms with Gasteiger partial charge in [-0.3, -0.25) is 9.59 Å². The smallest absolute Gasteiger partial charge is 0.252 e. The number of aliphatic hydroxyl groups is 1. The molecule has 0 unspecified atom stereocenters. The van der Waals surface area contributed by atoms with Gasteiger partial charge in [0.15, 0.2) is 6.10 Å². The van der Waals surface area contributed by atoms with E-state index in [1.54, 1.807) is 18.7 Å². The maximum absolute atomic E-state index is 12.7. The molecule has 2 N–H and O–H groups in total. The third-order valence-electron chi connectivity index (χ3n) is 4.07. The van der Waals surface area contributed by atoms with Crippen molar-refractivity contribution in [2.24, 2.45) is 0 Å². The highest BCUT2D eigenvalue weighted by Crippen LogP contribution is 2.32. The van der Waals surface area contributed by atoms with Crippen LogP contribution in [0.3, 0.4) is 0 Å². The molecule has 0 aliphatic carbocycles. The van der Waals surface area contributed by atoms with E-state index in [2.05, 4.69) is 5.32 Å². The van der Waals surface area contributed by atoms with Crippen LogP contribution in [-0.2, 0) is 14.3 Å². The molecule has 6 nitrogen and oxygen atoms in total. The van der Waals surface area contributed by atoms with Gasteiger partial charge in [-0.25, -0.2) is 0 Å². The van der Waals surface area contributed by atoms with Gasteiger partial charge in [-0.1, -0.05) is 30.3 Å². The van der Waals surface area contributed by atoms with Crippen LogP contribution >= 0.6 is 0 Å². The van der Waals surface area contributed by atoms with Gasteiger partial charge in [0.25, 0.3) is 5.91 Å². The number of nitrogens with one attached hydrogen (secondary N) is 1. The fraction of sp³-hybridized carbons (Fsp3) is 0.556. The SMILES string of the molecule is CC(C)N1C(=O)CO[C@H](C(=O)NC(C)(C)CO)[C@H]1c1ccccc1. The number of benzene rings is 1. The number of ether oxygens (including phenoxy) is 1. The minimum absolute atomic E-state index is 0.0623. The molecule has 24 heavy (non-hydrogen) atoms. The Kier molecular flexibility index (Phi) is 5.62. The molecule has 0 radical (unpaired) electrons. The zero-order valence-electron chi connectivity index (χ0n) is 14.7. The molecule has 0 saturated carbocycles. The molecule has 0 spiro atoms. The lowest BCUT2D eigenvalue weighted by Crippen LogP contribution is -2.59. The van der Waals surface area contributed by atoms with Gasteiger partial charge < -0.3 is 20.1 Å². The van der Waals surface area contributed by atoms with Crippen LogP contribution in [0, 0.1) is 0 Å². The van der Waals surface area contributed by atoms with E-state index >= 15 is 0 Å². The summed E-state index contributed by atoms with van der Waals surface area (Å²) in [6, 6.07) is 8.85. The molecule has 1 aromatic carbocycles. The second kappa shape index (κ2) is 7.32. The molecule has 2 amide bonds. The number of carbonyl (C=O) groups is 2. The zero-order valence-corrected chi connectivity index (χ0v) is 14.7. The fourth-order valence-corrected chi connectivity index (χ4v) is 2.89. The number of morpholine rings is 1. The fourth-order valence-electron chi connectivity index (χ4n) is 2.89. The largest absolute Gasteiger partial charge is 0.394 e. The molecule has 1 saturated heterocycles. The predicted octanol–water partition coefficient (Wildman–Crippen LogP) is 1.25. The number of amides is 2. The van der Waals surface area contributed by atoms with Crippen molar-refractivity contribution in [2.75, 3.05) is 13.2 Å². The average Bonchev–Trinajstić information content (AvgIpc) is 2.54. The quantitative estimate of drug-likeness (QED) is 0.849. The summed E-state index contributed by atoms with van der Waals surface area (Å²) in [4.78, 5) is 26.8. The summed E-state index contributed by atoms with van der Waals surface area (Å²) in [5.74, 6) is -0.467. The third kappa shape index (κ3) is 3.94. The first-order chi connectivity index (χ1) is 11.3. The highest BCUT2D eigenvalue weighted by Gasteiger charge is 2.43. The van der Waals surface area contributed by atoms with E-state index < -0.39 is 17.7 Å². The van der Waals surface area contributed by atoms with Crippen LogP contribution in [0.25, 0.3) is 0 Å². The van der Waals surface area contributed by atoms with Crippen LogP contribution in [0.5, 0.6) is 0 Å². The molecule has 2 rings (SSSR count). The first kappa shape index (κ1) is 18.4. The molecule has 1 aliphatic heterocycles. The Morgan fingerprint density at radius 2 is 2.00 bits per heavy atom. The maximum Gasteiger partial charge on any atom is 0.252 e. The summed E-state index contributed by atoms with van der Waals surface area (Å²) in [5, 5.41) is 12.2. The van der Waals surface area contributed by atoms with E-state index in [-0.39, 0.29) is 31.1 Å². The Bertz CT molecular complexity index is 586. The van der Waals surface area contributed by atoms with Crippen molar-refractivity contribution in [1.82, 2.24) is 10.2 Å². The van der Waals surface area contributed by atoms with Crippen LogP contribution in [0.4, 0.5) is 0 Å². The van der Waals surface area contributed by atoms with Gasteiger partial charge in [0.1, 0.15) is 6.61 Å². The molecule has 6 heteroatoms. The number of rotatable bonds is 5. The topological polar surface area (TPSA) is 78.9 Å². The van der Waals surface area contributed by atoms with Gasteiger partial charge in [-0.15, -0.1) is 0 Å². The van der Waals surface area contributed by atoms with E-state index in [0.29, 0.717) is 0 Å². The highest BCUT2D eigenvalue weighted by atomic mass is 16.5. The van der Waals surface area contributed by atoms with Crippen LogP contribution in [0.15, 0.2) is 30.3 Å². The standard InChI is InChI=1S/C18H26N2O4/c1-12(2)20-14(22)10-24-16(17(23)19-18(3,4)11-21)15(20)13-8-6-5-7-9-13/h5-9,12,15-16,21H,10-11H2,1-4H3,(H,19,23)/t15-,16+/m1/s1. The molecule has 1 aromatic rings. The van der Waals surface area contributed by atoms with Crippen molar-refractivity contribution in [3.05, 3.63) is 35.9 Å². The summed E-state index contributed by atoms with van der Waals surface area (Å²) < 4.78 is 5.60. The first-order valence-corrected chi connectivity index (χ1v) is 8.17. The molecule has 1 heterocycles. The molecule has 0 aromatic heterocycles. The average molecular weight is 334 g/mol. The van der Waals surface area contributed by atoms with Crippen molar-refractivity contribution in [3.8, 4) is 0 Å². The summed E-state index contributed by atoms with van der Waals surface area (Å²) in [6.45, 7) is 7.00. The highest BCUT2D eigenvalue weighted by molar-refractivity contribution is 5.87. The molecule has 1 aliphatic rings. The van der Waals surface area contributed by atoms with Gasteiger partial charge in [-0.05, 0) is 33.3 Å². The number of hydrogen-bond acceptors (Lipinski definition) is 4. The summed E-state index contributed by atoms with van der Waals surface area (Å²) in [6.07, 6.45) is -0.821. The lowest BCUT2D eigenvalue weighted by Gasteiger charge is -2.43. The minimum atomic E-state index is -0.821. The first-order valence-electron chi connectivity index (χ1n) is 8.17. The minimum Gasteiger partial charge on any atom is -0.394 e. The van der Waals surface area contributed by atoms with Gasteiger partial charge in [0.05, 0.1) is 18.2 Å². The van der Waals surface area contributed by atoms with Crippen molar-refractivity contribution >= 4 is 11.8 Å². The summed E-state index contributed by atoms with van der Waals surface area (Å²) in [5.41, 5.74) is 0.0902. The molecular weight excluding hydrogens is 308 g/mol. The second-order valence-corrected chi connectivity index (χ2v) is 7.01. The van der Waals surface area contributed by atoms with E-state index in [4.69, 9.17) is 4.74 Å². The zero-order chi connectivity index (χ0) is 17.9. The van der Waals surface area contributed by atoms with E-state index in [9.17, 15) is 14.7 Å². The lowest BCUT2D eigenvalue weighted by molar-refractivity contribution is -0.167. The monoisotopic (exact) mass is 334 g/mol. The summed E-state index contributed by atoms with van der Waals surface area (Å²) in [7, 11) is 0. The molecule has 2 atom stereocenters. The normalized spacial score (nSPS) is 21.9. The predicted molar refractivity (Wildman–Crippen MR) is 90.2 cm³/mol. The Balaban J connectivity index is 2.37. The van der Waals surface area contributed by atoms with Crippen LogP contribution < -0.4 is 5.32 Å². The van der Waals surface area contributed by atoms with Crippen molar-refractivity contribution in [3.63, 3.8) is 0 Å². The third-order valence-corrected chi connectivity index (χ3v) is 4.07. The molecule has 0 bridgehead atoms. The van der Waals surface area contributed by atoms with E-state index in [0.717, 1.165) is 5.56 Å². The Morgan fingerprint density at radius 1 is 1.38 bits per heavy atom. The summed E-state index contributed by atoms with van der Waals surface area (Å²) >= 11 is 0. The van der Waals surface area contributed by atoms with Crippen LogP contribution in [0.1, 0.15) is 39.3 Å². The van der Waals surface area contributed by atoms with Crippen LogP contribution in [-0.4, -0.2) is 52.7 Å². The van der Waals surface area contributed by atoms with E-state index in [1.165, 1.54) is 0 Å². The Labute approximate surface area is 142 Å². The van der Waals surface area contributed by atoms with Gasteiger partial charge >= 0.3 is 0 Å². The lowest BCUT2D eigenvalue weighted by atomic mass is 9.95.